The van der Waals surface area contributed by atoms with Gasteiger partial charge in [-0.2, -0.15) is 0 Å². The van der Waals surface area contributed by atoms with Crippen LogP contribution in [0.4, 0.5) is 10.8 Å². The molecule has 7 heteroatoms. The summed E-state index contributed by atoms with van der Waals surface area (Å²) in [6.45, 7) is 5.28. The molecule has 2 heterocycles. The fraction of sp³-hybridized carbons (Fsp3) is 0.571. The van der Waals surface area contributed by atoms with Crippen molar-refractivity contribution in [2.75, 3.05) is 6.61 Å². The van der Waals surface area contributed by atoms with Crippen molar-refractivity contribution in [3.63, 3.8) is 0 Å². The molecule has 0 radical (unpaired) electrons. The molecule has 3 rings (SSSR count). The van der Waals surface area contributed by atoms with Crippen LogP contribution in [0.3, 0.4) is 0 Å². The largest absolute Gasteiger partial charge is 0.494 e. The Morgan fingerprint density at radius 2 is 1.37 bits per heavy atom. The highest BCUT2D eigenvalue weighted by molar-refractivity contribution is 7.23. The highest BCUT2D eigenvalue weighted by Gasteiger charge is 2.09. The summed E-state index contributed by atoms with van der Waals surface area (Å²) in [7, 11) is 0. The van der Waals surface area contributed by atoms with E-state index in [4.69, 9.17) is 4.74 Å². The molecule has 0 N–H and O–H groups in total. The van der Waals surface area contributed by atoms with E-state index in [0.717, 1.165) is 40.8 Å². The molecule has 0 aliphatic rings. The number of benzene rings is 1. The number of thiophene rings is 1. The topological polar surface area (TPSA) is 59.7 Å². The van der Waals surface area contributed by atoms with Crippen LogP contribution in [-0.4, -0.2) is 16.8 Å². The zero-order valence-corrected chi connectivity index (χ0v) is 23.0. The van der Waals surface area contributed by atoms with Crippen molar-refractivity contribution >= 4 is 33.5 Å². The van der Waals surface area contributed by atoms with E-state index in [-0.39, 0.29) is 0 Å². The van der Waals surface area contributed by atoms with Gasteiger partial charge >= 0.3 is 0 Å². The third-order valence-electron chi connectivity index (χ3n) is 5.92. The molecule has 5 nitrogen and oxygen atoms in total. The molecule has 0 saturated heterocycles. The summed E-state index contributed by atoms with van der Waals surface area (Å²) in [6.07, 6.45) is 16.7. The van der Waals surface area contributed by atoms with Gasteiger partial charge in [-0.05, 0) is 55.7 Å². The lowest BCUT2D eigenvalue weighted by atomic mass is 10.1. The van der Waals surface area contributed by atoms with Crippen LogP contribution in [-0.2, 0) is 6.42 Å². The van der Waals surface area contributed by atoms with Crippen LogP contribution >= 0.6 is 22.7 Å². The van der Waals surface area contributed by atoms with Crippen molar-refractivity contribution in [3.05, 3.63) is 41.3 Å². The predicted octanol–water partition coefficient (Wildman–Crippen LogP) is 10.3. The Kier molecular flexibility index (Phi) is 13.0. The van der Waals surface area contributed by atoms with Gasteiger partial charge < -0.3 is 4.74 Å². The molecule has 0 unspecified atom stereocenters. The second-order valence-electron chi connectivity index (χ2n) is 8.98. The number of aryl methyl sites for hydroxylation is 1. The van der Waals surface area contributed by atoms with Crippen LogP contribution in [0.25, 0.3) is 9.88 Å². The first-order valence-corrected chi connectivity index (χ1v) is 15.0. The number of azo groups is 1. The quantitative estimate of drug-likeness (QED) is 0.126. The van der Waals surface area contributed by atoms with Crippen LogP contribution in [0.2, 0.25) is 0 Å². The Labute approximate surface area is 219 Å². The molecular formula is C28H40N4OS2. The van der Waals surface area contributed by atoms with Gasteiger partial charge in [0.15, 0.2) is 5.01 Å². The molecule has 0 aliphatic carbocycles. The van der Waals surface area contributed by atoms with Crippen molar-refractivity contribution < 1.29 is 4.74 Å². The average Bonchev–Trinajstić information content (AvgIpc) is 3.55. The molecule has 3 aromatic rings. The van der Waals surface area contributed by atoms with Crippen molar-refractivity contribution in [1.82, 2.24) is 10.2 Å². The van der Waals surface area contributed by atoms with Crippen LogP contribution in [0, 0.1) is 0 Å². The van der Waals surface area contributed by atoms with E-state index in [1.807, 2.05) is 35.6 Å². The molecule has 0 saturated carbocycles. The Morgan fingerprint density at radius 1 is 0.686 bits per heavy atom. The Balaban J connectivity index is 1.39. The highest BCUT2D eigenvalue weighted by Crippen LogP contribution is 2.34. The van der Waals surface area contributed by atoms with Gasteiger partial charge in [0.1, 0.15) is 5.75 Å². The average molecular weight is 513 g/mol. The smallest absolute Gasteiger partial charge is 0.252 e. The maximum Gasteiger partial charge on any atom is 0.252 e. The third-order valence-corrected chi connectivity index (χ3v) is 8.04. The normalized spacial score (nSPS) is 11.5. The minimum atomic E-state index is 0.578. The van der Waals surface area contributed by atoms with E-state index >= 15 is 0 Å². The summed E-state index contributed by atoms with van der Waals surface area (Å²) in [5, 5.41) is 18.6. The number of nitrogens with zero attached hydrogens (tertiary/aromatic N) is 4. The minimum absolute atomic E-state index is 0.578. The number of rotatable bonds is 18. The Morgan fingerprint density at radius 3 is 2.11 bits per heavy atom. The third kappa shape index (κ3) is 10.6. The summed E-state index contributed by atoms with van der Waals surface area (Å²) < 4.78 is 5.86. The molecule has 35 heavy (non-hydrogen) atoms. The van der Waals surface area contributed by atoms with Crippen LogP contribution in [0.1, 0.15) is 95.8 Å². The van der Waals surface area contributed by atoms with E-state index in [0.29, 0.717) is 5.13 Å². The van der Waals surface area contributed by atoms with E-state index < -0.39 is 0 Å². The molecular weight excluding hydrogens is 472 g/mol. The molecule has 0 bridgehead atoms. The van der Waals surface area contributed by atoms with Crippen molar-refractivity contribution in [2.24, 2.45) is 10.2 Å². The lowest BCUT2D eigenvalue weighted by Crippen LogP contribution is -1.96. The van der Waals surface area contributed by atoms with E-state index in [9.17, 15) is 0 Å². The van der Waals surface area contributed by atoms with E-state index in [1.54, 1.807) is 0 Å². The molecule has 0 fully saturated rings. The minimum Gasteiger partial charge on any atom is -0.494 e. The Hall–Kier alpha value is -2.12. The Bertz CT molecular complexity index is 981. The van der Waals surface area contributed by atoms with Gasteiger partial charge in [0.2, 0.25) is 0 Å². The van der Waals surface area contributed by atoms with Gasteiger partial charge in [-0.15, -0.1) is 31.8 Å². The summed E-state index contributed by atoms with van der Waals surface area (Å²) in [4.78, 5) is 2.58. The molecule has 2 aromatic heterocycles. The number of hydrogen-bond donors (Lipinski definition) is 0. The monoisotopic (exact) mass is 512 g/mol. The van der Waals surface area contributed by atoms with Gasteiger partial charge in [-0.25, -0.2) is 0 Å². The first kappa shape index (κ1) is 27.5. The molecule has 0 amide bonds. The van der Waals surface area contributed by atoms with Gasteiger partial charge in [0.25, 0.3) is 5.13 Å². The number of ether oxygens (including phenoxy) is 1. The molecule has 0 spiro atoms. The number of aromatic nitrogens is 2. The fourth-order valence-electron chi connectivity index (χ4n) is 3.84. The first-order valence-electron chi connectivity index (χ1n) is 13.4. The van der Waals surface area contributed by atoms with Gasteiger partial charge in [-0.1, -0.05) is 89.4 Å². The predicted molar refractivity (Wildman–Crippen MR) is 150 cm³/mol. The number of unbranched alkanes of at least 4 members (excludes halogenated alkanes) is 10. The lowest BCUT2D eigenvalue weighted by molar-refractivity contribution is 0.304. The van der Waals surface area contributed by atoms with Crippen molar-refractivity contribution in [3.8, 4) is 15.6 Å². The SMILES string of the molecule is CCCCCCCCCOc1ccc(N=Nc2nnc(-c3ccc(CCCCCCC)s3)s2)cc1. The second kappa shape index (κ2) is 16.5. The standard InChI is InChI=1S/C28H40N4OS2/c1-3-5-7-9-10-12-14-22-33-24-18-16-23(17-19-24)29-31-28-32-30-27(35-28)26-21-20-25(34-26)15-13-11-8-6-4-2/h16-21H,3-15,22H2,1-2H3. The summed E-state index contributed by atoms with van der Waals surface area (Å²) in [6, 6.07) is 12.1. The van der Waals surface area contributed by atoms with Crippen molar-refractivity contribution in [1.29, 1.82) is 0 Å². The summed E-state index contributed by atoms with van der Waals surface area (Å²) >= 11 is 3.30. The fourth-order valence-corrected chi connectivity index (χ4v) is 5.61. The van der Waals surface area contributed by atoms with Gasteiger partial charge in [0.05, 0.1) is 17.2 Å². The maximum atomic E-state index is 5.86. The number of hydrogen-bond acceptors (Lipinski definition) is 7. The van der Waals surface area contributed by atoms with Crippen LogP contribution in [0.5, 0.6) is 5.75 Å². The van der Waals surface area contributed by atoms with E-state index in [2.05, 4.69) is 46.4 Å². The van der Waals surface area contributed by atoms with Crippen LogP contribution in [0.15, 0.2) is 46.6 Å². The molecule has 1 aromatic carbocycles. The summed E-state index contributed by atoms with van der Waals surface area (Å²) in [5.74, 6) is 0.881. The zero-order valence-electron chi connectivity index (χ0n) is 21.4. The summed E-state index contributed by atoms with van der Waals surface area (Å²) in [5.41, 5.74) is 0.784. The molecule has 0 aliphatic heterocycles. The molecule has 190 valence electrons. The van der Waals surface area contributed by atoms with Crippen molar-refractivity contribution in [2.45, 2.75) is 97.3 Å². The van der Waals surface area contributed by atoms with Gasteiger partial charge in [0, 0.05) is 4.88 Å². The van der Waals surface area contributed by atoms with E-state index in [1.165, 1.54) is 86.8 Å². The lowest BCUT2D eigenvalue weighted by Gasteiger charge is -2.06. The zero-order chi connectivity index (χ0) is 24.6. The second-order valence-corrected chi connectivity index (χ2v) is 11.1. The molecule has 0 atom stereocenters. The van der Waals surface area contributed by atoms with Gasteiger partial charge in [-0.3, -0.25) is 0 Å². The van der Waals surface area contributed by atoms with Crippen LogP contribution < -0.4 is 4.74 Å². The maximum absolute atomic E-state index is 5.86. The highest BCUT2D eigenvalue weighted by atomic mass is 32.1. The first-order chi connectivity index (χ1) is 17.3.